The van der Waals surface area contributed by atoms with Crippen molar-refractivity contribution < 1.29 is 9.47 Å². The van der Waals surface area contributed by atoms with Crippen LogP contribution in [0.2, 0.25) is 0 Å². The molecule has 0 spiro atoms. The smallest absolute Gasteiger partial charge is 0.151 e. The first kappa shape index (κ1) is 15.4. The maximum atomic E-state index is 6.38. The first-order chi connectivity index (χ1) is 10.9. The van der Waals surface area contributed by atoms with Crippen molar-refractivity contribution in [2.45, 2.75) is 17.1 Å². The molecule has 2 atom stereocenters. The molecule has 0 bridgehead atoms. The Labute approximate surface area is 136 Å². The van der Waals surface area contributed by atoms with Gasteiger partial charge in [-0.15, -0.1) is 11.8 Å². The van der Waals surface area contributed by atoms with Crippen molar-refractivity contribution in [3.8, 4) is 5.75 Å². The van der Waals surface area contributed by atoms with E-state index in [1.165, 1.54) is 0 Å². The number of benzene rings is 2. The zero-order chi connectivity index (χ0) is 15.2. The normalized spacial score (nSPS) is 19.6. The van der Waals surface area contributed by atoms with Gasteiger partial charge in [0.1, 0.15) is 11.9 Å². The van der Waals surface area contributed by atoms with Crippen LogP contribution in [0.1, 0.15) is 11.7 Å². The molecule has 0 aromatic heterocycles. The summed E-state index contributed by atoms with van der Waals surface area (Å²) in [4.78, 5) is 1.15. The molecule has 0 radical (unpaired) electrons. The van der Waals surface area contributed by atoms with E-state index < -0.39 is 0 Å². The van der Waals surface area contributed by atoms with E-state index in [2.05, 4.69) is 29.8 Å². The Balaban J connectivity index is 1.88. The van der Waals surface area contributed by atoms with Gasteiger partial charge >= 0.3 is 0 Å². The van der Waals surface area contributed by atoms with Crippen LogP contribution in [-0.2, 0) is 4.74 Å². The number of para-hydroxylation sites is 1. The third-order valence-electron chi connectivity index (χ3n) is 3.75. The van der Waals surface area contributed by atoms with Gasteiger partial charge in [-0.25, -0.2) is 0 Å². The standard InChI is InChI=1S/C18H21NO2S/c1-22-17-10-6-5-9-15(17)21-18(14-7-3-2-4-8-14)16-13-19-11-12-20-16/h2-10,16,18-19H,11-13H2,1H3/t16-,18?/m0/s1. The fraction of sp³-hybridized carbons (Fsp3) is 0.333. The van der Waals surface area contributed by atoms with Crippen LogP contribution in [0.4, 0.5) is 0 Å². The van der Waals surface area contributed by atoms with Crippen LogP contribution < -0.4 is 10.1 Å². The maximum Gasteiger partial charge on any atom is 0.151 e. The molecule has 1 saturated heterocycles. The van der Waals surface area contributed by atoms with Crippen LogP contribution in [-0.4, -0.2) is 32.1 Å². The summed E-state index contributed by atoms with van der Waals surface area (Å²) in [5, 5.41) is 3.39. The van der Waals surface area contributed by atoms with E-state index in [0.717, 1.165) is 35.9 Å². The minimum Gasteiger partial charge on any atom is -0.482 e. The molecule has 2 aromatic carbocycles. The molecule has 116 valence electrons. The molecule has 4 heteroatoms. The maximum absolute atomic E-state index is 6.38. The highest BCUT2D eigenvalue weighted by atomic mass is 32.2. The topological polar surface area (TPSA) is 30.5 Å². The van der Waals surface area contributed by atoms with E-state index >= 15 is 0 Å². The van der Waals surface area contributed by atoms with Crippen molar-refractivity contribution in [1.82, 2.24) is 5.32 Å². The van der Waals surface area contributed by atoms with Gasteiger partial charge in [-0.3, -0.25) is 0 Å². The van der Waals surface area contributed by atoms with Crippen molar-refractivity contribution in [2.24, 2.45) is 0 Å². The molecule has 1 unspecified atom stereocenters. The first-order valence-electron chi connectivity index (χ1n) is 7.55. The lowest BCUT2D eigenvalue weighted by atomic mass is 10.0. The average molecular weight is 315 g/mol. The van der Waals surface area contributed by atoms with Gasteiger partial charge in [0.2, 0.25) is 0 Å². The lowest BCUT2D eigenvalue weighted by Gasteiger charge is -2.32. The summed E-state index contributed by atoms with van der Waals surface area (Å²) in [6.07, 6.45) is 1.98. The van der Waals surface area contributed by atoms with Crippen LogP contribution in [0.5, 0.6) is 5.75 Å². The van der Waals surface area contributed by atoms with Gasteiger partial charge < -0.3 is 14.8 Å². The molecule has 0 saturated carbocycles. The Morgan fingerprint density at radius 3 is 2.64 bits per heavy atom. The van der Waals surface area contributed by atoms with Gasteiger partial charge in [-0.1, -0.05) is 42.5 Å². The zero-order valence-electron chi connectivity index (χ0n) is 12.7. The van der Waals surface area contributed by atoms with E-state index in [1.54, 1.807) is 11.8 Å². The molecule has 1 aliphatic rings. The molecule has 0 amide bonds. The van der Waals surface area contributed by atoms with Crippen LogP contribution in [0, 0.1) is 0 Å². The van der Waals surface area contributed by atoms with E-state index in [9.17, 15) is 0 Å². The van der Waals surface area contributed by atoms with E-state index in [1.807, 2.05) is 36.4 Å². The number of morpholine rings is 1. The van der Waals surface area contributed by atoms with Crippen LogP contribution >= 0.6 is 11.8 Å². The Morgan fingerprint density at radius 2 is 1.91 bits per heavy atom. The molecule has 0 aliphatic carbocycles. The number of nitrogens with one attached hydrogen (secondary N) is 1. The monoisotopic (exact) mass is 315 g/mol. The fourth-order valence-corrected chi connectivity index (χ4v) is 3.17. The number of hydrogen-bond donors (Lipinski definition) is 1. The predicted octanol–water partition coefficient (Wildman–Crippen LogP) is 3.52. The SMILES string of the molecule is CSc1ccccc1OC(c1ccccc1)[C@@H]1CNCCO1. The van der Waals surface area contributed by atoms with E-state index in [4.69, 9.17) is 9.47 Å². The summed E-state index contributed by atoms with van der Waals surface area (Å²) >= 11 is 1.70. The van der Waals surface area contributed by atoms with E-state index in [0.29, 0.717) is 0 Å². The molecule has 1 N–H and O–H groups in total. The van der Waals surface area contributed by atoms with Crippen LogP contribution in [0.3, 0.4) is 0 Å². The van der Waals surface area contributed by atoms with Gasteiger partial charge in [0.25, 0.3) is 0 Å². The molecule has 1 heterocycles. The number of ether oxygens (including phenoxy) is 2. The molecule has 2 aromatic rings. The highest BCUT2D eigenvalue weighted by Crippen LogP contribution is 2.33. The number of thioether (sulfide) groups is 1. The largest absolute Gasteiger partial charge is 0.482 e. The Bertz CT molecular complexity index is 585. The van der Waals surface area contributed by atoms with Crippen molar-refractivity contribution in [2.75, 3.05) is 26.0 Å². The quantitative estimate of drug-likeness (QED) is 0.855. The van der Waals surface area contributed by atoms with Crippen molar-refractivity contribution in [3.63, 3.8) is 0 Å². The summed E-state index contributed by atoms with van der Waals surface area (Å²) in [7, 11) is 0. The number of rotatable bonds is 5. The lowest BCUT2D eigenvalue weighted by molar-refractivity contribution is -0.0440. The average Bonchev–Trinajstić information content (AvgIpc) is 2.61. The Morgan fingerprint density at radius 1 is 1.14 bits per heavy atom. The zero-order valence-corrected chi connectivity index (χ0v) is 13.5. The summed E-state index contributed by atoms with van der Waals surface area (Å²) in [6, 6.07) is 18.5. The second-order valence-electron chi connectivity index (χ2n) is 5.21. The highest BCUT2D eigenvalue weighted by Gasteiger charge is 2.28. The van der Waals surface area contributed by atoms with Gasteiger partial charge in [0, 0.05) is 18.0 Å². The fourth-order valence-electron chi connectivity index (χ4n) is 2.63. The van der Waals surface area contributed by atoms with Gasteiger partial charge in [0.15, 0.2) is 6.10 Å². The molecule has 3 nitrogen and oxygen atoms in total. The van der Waals surface area contributed by atoms with Gasteiger partial charge in [0.05, 0.1) is 6.61 Å². The third kappa shape index (κ3) is 3.64. The summed E-state index contributed by atoms with van der Waals surface area (Å²) < 4.78 is 12.3. The summed E-state index contributed by atoms with van der Waals surface area (Å²) in [5.41, 5.74) is 1.15. The molecular formula is C18H21NO2S. The van der Waals surface area contributed by atoms with Gasteiger partial charge in [-0.2, -0.15) is 0 Å². The second kappa shape index (κ2) is 7.68. The minimum absolute atomic E-state index is 0.0195. The third-order valence-corrected chi connectivity index (χ3v) is 4.52. The Kier molecular flexibility index (Phi) is 5.38. The van der Waals surface area contributed by atoms with Crippen molar-refractivity contribution in [1.29, 1.82) is 0 Å². The van der Waals surface area contributed by atoms with Crippen molar-refractivity contribution >= 4 is 11.8 Å². The lowest BCUT2D eigenvalue weighted by Crippen LogP contribution is -2.43. The molecule has 22 heavy (non-hydrogen) atoms. The van der Waals surface area contributed by atoms with Gasteiger partial charge in [-0.05, 0) is 24.0 Å². The first-order valence-corrected chi connectivity index (χ1v) is 8.78. The predicted molar refractivity (Wildman–Crippen MR) is 90.6 cm³/mol. The molecule has 1 fully saturated rings. The van der Waals surface area contributed by atoms with E-state index in [-0.39, 0.29) is 12.2 Å². The highest BCUT2D eigenvalue weighted by molar-refractivity contribution is 7.98. The second-order valence-corrected chi connectivity index (χ2v) is 6.06. The minimum atomic E-state index is -0.109. The summed E-state index contributed by atoms with van der Waals surface area (Å²) in [6.45, 7) is 2.43. The number of hydrogen-bond acceptors (Lipinski definition) is 4. The van der Waals surface area contributed by atoms with Crippen LogP contribution in [0.15, 0.2) is 59.5 Å². The molecule has 1 aliphatic heterocycles. The summed E-state index contributed by atoms with van der Waals surface area (Å²) in [5.74, 6) is 0.915. The molecular weight excluding hydrogens is 294 g/mol. The molecule has 3 rings (SSSR count). The van der Waals surface area contributed by atoms with Crippen molar-refractivity contribution in [3.05, 3.63) is 60.2 Å². The Hall–Kier alpha value is -1.49. The van der Waals surface area contributed by atoms with Crippen LogP contribution in [0.25, 0.3) is 0 Å².